The van der Waals surface area contributed by atoms with Gasteiger partial charge in [-0.2, -0.15) is 5.10 Å². The first-order valence-corrected chi connectivity index (χ1v) is 12.0. The van der Waals surface area contributed by atoms with E-state index in [2.05, 4.69) is 24.3 Å². The first-order valence-electron chi connectivity index (χ1n) is 12.0. The molecule has 186 valence electrons. The summed E-state index contributed by atoms with van der Waals surface area (Å²) in [5.74, 6) is 0.168. The highest BCUT2D eigenvalue weighted by Gasteiger charge is 2.24. The van der Waals surface area contributed by atoms with Crippen molar-refractivity contribution in [3.8, 4) is 16.9 Å². The topological polar surface area (TPSA) is 67.2 Å². The zero-order chi connectivity index (χ0) is 25.6. The van der Waals surface area contributed by atoms with Crippen LogP contribution >= 0.6 is 0 Å². The molecule has 0 aliphatic heterocycles. The molecule has 0 bridgehead atoms. The van der Waals surface area contributed by atoms with Crippen molar-refractivity contribution in [1.29, 1.82) is 0 Å². The first-order chi connectivity index (χ1) is 16.5. The van der Waals surface area contributed by atoms with Crippen LogP contribution in [0.2, 0.25) is 0 Å². The number of hydrogen-bond acceptors (Lipinski definition) is 3. The zero-order valence-corrected chi connectivity index (χ0v) is 21.2. The fourth-order valence-corrected chi connectivity index (χ4v) is 3.63. The average Bonchev–Trinajstić information content (AvgIpc) is 3.20. The third kappa shape index (κ3) is 7.77. The lowest BCUT2D eigenvalue weighted by atomic mass is 9.91. The maximum Gasteiger partial charge on any atom is 0.245 e. The Morgan fingerprint density at radius 3 is 2.31 bits per heavy atom. The number of carbonyl (C=O) groups excluding carboxylic acids is 2. The minimum absolute atomic E-state index is 0.0367. The van der Waals surface area contributed by atoms with Gasteiger partial charge in [0, 0.05) is 24.6 Å². The van der Waals surface area contributed by atoms with Gasteiger partial charge < -0.3 is 10.2 Å². The molecular weight excluding hydrogens is 443 g/mol. The van der Waals surface area contributed by atoms with E-state index in [9.17, 15) is 14.0 Å². The molecule has 3 aromatic rings. The van der Waals surface area contributed by atoms with Crippen LogP contribution in [0.15, 0.2) is 60.7 Å². The molecule has 0 aliphatic carbocycles. The molecule has 0 unspecified atom stereocenters. The molecule has 7 heteroatoms. The predicted molar refractivity (Wildman–Crippen MR) is 138 cm³/mol. The van der Waals surface area contributed by atoms with Crippen LogP contribution in [0.1, 0.15) is 47.5 Å². The molecule has 0 saturated heterocycles. The number of amides is 2. The average molecular weight is 479 g/mol. The van der Waals surface area contributed by atoms with Gasteiger partial charge >= 0.3 is 0 Å². The molecule has 0 atom stereocenters. The molecular formula is C28H35FN4O2. The van der Waals surface area contributed by atoms with Gasteiger partial charge in [-0.3, -0.25) is 9.59 Å². The van der Waals surface area contributed by atoms with Crippen molar-refractivity contribution in [2.45, 2.75) is 47.5 Å². The Morgan fingerprint density at radius 1 is 1.06 bits per heavy atom. The Morgan fingerprint density at radius 2 is 1.71 bits per heavy atom. The number of aromatic nitrogens is 2. The van der Waals surface area contributed by atoms with Gasteiger partial charge in [-0.05, 0) is 42.0 Å². The van der Waals surface area contributed by atoms with Crippen molar-refractivity contribution in [3.63, 3.8) is 0 Å². The highest BCUT2D eigenvalue weighted by molar-refractivity contribution is 5.94. The summed E-state index contributed by atoms with van der Waals surface area (Å²) >= 11 is 0. The normalized spacial score (nSPS) is 11.5. The van der Waals surface area contributed by atoms with E-state index < -0.39 is 0 Å². The van der Waals surface area contributed by atoms with Gasteiger partial charge in [0.2, 0.25) is 11.8 Å². The minimum atomic E-state index is -0.354. The van der Waals surface area contributed by atoms with Gasteiger partial charge in [0.05, 0.1) is 17.9 Å². The van der Waals surface area contributed by atoms with E-state index in [1.54, 1.807) is 27.8 Å². The van der Waals surface area contributed by atoms with Crippen LogP contribution in [-0.4, -0.2) is 39.6 Å². The maximum absolute atomic E-state index is 13.5. The van der Waals surface area contributed by atoms with Gasteiger partial charge in [-0.1, -0.05) is 65.0 Å². The molecule has 0 aliphatic rings. The maximum atomic E-state index is 13.5. The number of hydrogen-bond donors (Lipinski definition) is 1. The Hall–Kier alpha value is -3.48. The van der Waals surface area contributed by atoms with E-state index in [4.69, 9.17) is 0 Å². The second kappa shape index (κ2) is 11.3. The molecule has 35 heavy (non-hydrogen) atoms. The number of halogens is 1. The minimum Gasteiger partial charge on any atom is -0.333 e. The van der Waals surface area contributed by atoms with Crippen molar-refractivity contribution in [3.05, 3.63) is 66.5 Å². The van der Waals surface area contributed by atoms with Crippen LogP contribution in [0.25, 0.3) is 16.9 Å². The van der Waals surface area contributed by atoms with Crippen LogP contribution in [0.4, 0.5) is 10.2 Å². The summed E-state index contributed by atoms with van der Waals surface area (Å²) in [6.45, 7) is 10.7. The lowest BCUT2D eigenvalue weighted by Gasteiger charge is -2.27. The third-order valence-electron chi connectivity index (χ3n) is 5.46. The molecule has 1 aromatic heterocycles. The smallest absolute Gasteiger partial charge is 0.245 e. The number of carbonyl (C=O) groups is 2. The summed E-state index contributed by atoms with van der Waals surface area (Å²) in [7, 11) is 0. The molecule has 0 radical (unpaired) electrons. The number of anilines is 1. The Labute approximate surface area is 207 Å². The highest BCUT2D eigenvalue weighted by atomic mass is 19.1. The fraction of sp³-hybridized carbons (Fsp3) is 0.393. The number of benzene rings is 2. The van der Waals surface area contributed by atoms with E-state index in [0.717, 1.165) is 12.0 Å². The Kier molecular flexibility index (Phi) is 8.43. The summed E-state index contributed by atoms with van der Waals surface area (Å²) in [4.78, 5) is 27.7. The number of nitrogens with zero attached hydrogens (tertiary/aromatic N) is 3. The first kappa shape index (κ1) is 26.1. The number of nitrogens with one attached hydrogen (secondary N) is 1. The summed E-state index contributed by atoms with van der Waals surface area (Å²) in [6.07, 6.45) is 1.18. The Bertz CT molecular complexity index is 1130. The van der Waals surface area contributed by atoms with Gasteiger partial charge in [0.25, 0.3) is 0 Å². The molecule has 6 nitrogen and oxygen atoms in total. The van der Waals surface area contributed by atoms with E-state index >= 15 is 0 Å². The van der Waals surface area contributed by atoms with Crippen LogP contribution in [0.5, 0.6) is 0 Å². The van der Waals surface area contributed by atoms with Gasteiger partial charge in [0.1, 0.15) is 11.6 Å². The lowest BCUT2D eigenvalue weighted by Crippen LogP contribution is -2.40. The molecule has 2 aromatic carbocycles. The van der Waals surface area contributed by atoms with Crippen LogP contribution in [0.3, 0.4) is 0 Å². The predicted octanol–water partition coefficient (Wildman–Crippen LogP) is 5.93. The Balaban J connectivity index is 1.86. The zero-order valence-electron chi connectivity index (χ0n) is 21.2. The van der Waals surface area contributed by atoms with Gasteiger partial charge in [-0.25, -0.2) is 9.07 Å². The molecule has 1 N–H and O–H groups in total. The van der Waals surface area contributed by atoms with Crippen LogP contribution in [0, 0.1) is 17.2 Å². The fourth-order valence-electron chi connectivity index (χ4n) is 3.63. The standard InChI is InChI=1S/C28H35FN4O2/c1-20(2)15-16-32(27(35)18-28(3,4)5)19-26(34)30-25-17-24(21-9-7-6-8-10-21)31-33(25)23-13-11-22(29)12-14-23/h6-14,17,20H,15-16,18-19H2,1-5H3,(H,30,34). The second-order valence-corrected chi connectivity index (χ2v) is 10.5. The van der Waals surface area contributed by atoms with Crippen molar-refractivity contribution in [2.24, 2.45) is 11.3 Å². The van der Waals surface area contributed by atoms with Gasteiger partial charge in [0.15, 0.2) is 0 Å². The lowest BCUT2D eigenvalue weighted by molar-refractivity contribution is -0.136. The molecule has 0 saturated carbocycles. The van der Waals surface area contributed by atoms with E-state index in [1.165, 1.54) is 12.1 Å². The highest BCUT2D eigenvalue weighted by Crippen LogP contribution is 2.25. The quantitative estimate of drug-likeness (QED) is 0.415. The molecule has 0 spiro atoms. The summed E-state index contributed by atoms with van der Waals surface area (Å²) in [5.41, 5.74) is 2.01. The van der Waals surface area contributed by atoms with Crippen LogP contribution < -0.4 is 5.32 Å². The van der Waals surface area contributed by atoms with E-state index in [0.29, 0.717) is 36.1 Å². The number of rotatable bonds is 9. The van der Waals surface area contributed by atoms with Crippen molar-refractivity contribution in [1.82, 2.24) is 14.7 Å². The van der Waals surface area contributed by atoms with E-state index in [-0.39, 0.29) is 29.6 Å². The third-order valence-corrected chi connectivity index (χ3v) is 5.46. The molecule has 3 rings (SSSR count). The largest absolute Gasteiger partial charge is 0.333 e. The van der Waals surface area contributed by atoms with Crippen LogP contribution in [-0.2, 0) is 9.59 Å². The summed E-state index contributed by atoms with van der Waals surface area (Å²) < 4.78 is 15.1. The second-order valence-electron chi connectivity index (χ2n) is 10.5. The molecule has 2 amide bonds. The molecule has 0 fully saturated rings. The summed E-state index contributed by atoms with van der Waals surface area (Å²) in [5, 5.41) is 7.58. The molecule has 1 heterocycles. The monoisotopic (exact) mass is 478 g/mol. The van der Waals surface area contributed by atoms with Crippen molar-refractivity contribution in [2.75, 3.05) is 18.4 Å². The van der Waals surface area contributed by atoms with Crippen molar-refractivity contribution < 1.29 is 14.0 Å². The van der Waals surface area contributed by atoms with Crippen molar-refractivity contribution >= 4 is 17.6 Å². The van der Waals surface area contributed by atoms with E-state index in [1.807, 2.05) is 51.1 Å². The van der Waals surface area contributed by atoms with Gasteiger partial charge in [-0.15, -0.1) is 0 Å². The summed E-state index contributed by atoms with van der Waals surface area (Å²) in [6, 6.07) is 17.3. The SMILES string of the molecule is CC(C)CCN(CC(=O)Nc1cc(-c2ccccc2)nn1-c1ccc(F)cc1)C(=O)CC(C)(C)C.